The molecular weight excluding hydrogens is 421 g/mol. The SMILES string of the molecule is COc1cc(N2CCC(C[C@@H]3C[C@H]3c3ccccc3)CC2)ccc1I. The summed E-state index contributed by atoms with van der Waals surface area (Å²) in [5, 5.41) is 0. The van der Waals surface area contributed by atoms with Crippen molar-refractivity contribution < 1.29 is 4.74 Å². The molecule has 0 aromatic heterocycles. The fourth-order valence-corrected chi connectivity index (χ4v) is 4.87. The number of methoxy groups -OCH3 is 1. The molecule has 0 amide bonds. The number of nitrogens with zero attached hydrogens (tertiary/aromatic N) is 1. The van der Waals surface area contributed by atoms with E-state index in [1.807, 2.05) is 0 Å². The average Bonchev–Trinajstić information content (AvgIpc) is 3.43. The Bertz CT molecular complexity index is 709. The van der Waals surface area contributed by atoms with Crippen LogP contribution in [-0.2, 0) is 0 Å². The molecule has 1 saturated heterocycles. The van der Waals surface area contributed by atoms with Crippen molar-refractivity contribution in [1.82, 2.24) is 0 Å². The van der Waals surface area contributed by atoms with Gasteiger partial charge in [-0.15, -0.1) is 0 Å². The minimum atomic E-state index is 0.833. The van der Waals surface area contributed by atoms with Crippen LogP contribution in [-0.4, -0.2) is 20.2 Å². The first kappa shape index (κ1) is 17.2. The van der Waals surface area contributed by atoms with Crippen LogP contribution in [0.25, 0.3) is 0 Å². The van der Waals surface area contributed by atoms with Crippen molar-refractivity contribution in [3.63, 3.8) is 0 Å². The van der Waals surface area contributed by atoms with Crippen molar-refractivity contribution in [2.24, 2.45) is 11.8 Å². The third-order valence-electron chi connectivity index (χ3n) is 5.90. The van der Waals surface area contributed by atoms with Crippen molar-refractivity contribution in [1.29, 1.82) is 0 Å². The molecule has 25 heavy (non-hydrogen) atoms. The number of halogens is 1. The zero-order chi connectivity index (χ0) is 17.2. The molecule has 132 valence electrons. The molecule has 2 aliphatic rings. The van der Waals surface area contributed by atoms with Crippen LogP contribution in [0.4, 0.5) is 5.69 Å². The van der Waals surface area contributed by atoms with Gasteiger partial charge in [-0.05, 0) is 83.7 Å². The smallest absolute Gasteiger partial charge is 0.134 e. The molecule has 1 saturated carbocycles. The van der Waals surface area contributed by atoms with Crippen LogP contribution in [0, 0.1) is 15.4 Å². The Labute approximate surface area is 164 Å². The Morgan fingerprint density at radius 3 is 2.56 bits per heavy atom. The third kappa shape index (κ3) is 3.97. The van der Waals surface area contributed by atoms with Crippen LogP contribution in [0.3, 0.4) is 0 Å². The van der Waals surface area contributed by atoms with Crippen LogP contribution in [0.5, 0.6) is 5.75 Å². The van der Waals surface area contributed by atoms with Gasteiger partial charge in [-0.3, -0.25) is 0 Å². The van der Waals surface area contributed by atoms with E-state index in [1.54, 1.807) is 12.7 Å². The number of benzene rings is 2. The molecule has 2 atom stereocenters. The first-order valence-corrected chi connectivity index (χ1v) is 10.5. The molecule has 0 unspecified atom stereocenters. The molecule has 0 radical (unpaired) electrons. The van der Waals surface area contributed by atoms with E-state index in [0.29, 0.717) is 0 Å². The standard InChI is InChI=1S/C22H26INO/c1-25-22-15-19(7-8-21(22)23)24-11-9-16(10-12-24)13-18-14-20(18)17-5-3-2-4-6-17/h2-8,15-16,18,20H,9-14H2,1H3/t18-,20+/m1/s1. The fraction of sp³-hybridized carbons (Fsp3) is 0.455. The van der Waals surface area contributed by atoms with Gasteiger partial charge in [0.15, 0.2) is 0 Å². The van der Waals surface area contributed by atoms with E-state index in [2.05, 4.69) is 76.0 Å². The summed E-state index contributed by atoms with van der Waals surface area (Å²) in [5.41, 5.74) is 2.86. The Hall–Kier alpha value is -1.23. The molecule has 0 spiro atoms. The van der Waals surface area contributed by atoms with Gasteiger partial charge < -0.3 is 9.64 Å². The summed E-state index contributed by atoms with van der Waals surface area (Å²) in [4.78, 5) is 2.52. The number of anilines is 1. The highest BCUT2D eigenvalue weighted by molar-refractivity contribution is 14.1. The highest BCUT2D eigenvalue weighted by Crippen LogP contribution is 2.51. The van der Waals surface area contributed by atoms with Gasteiger partial charge in [0.2, 0.25) is 0 Å². The Balaban J connectivity index is 1.29. The van der Waals surface area contributed by atoms with Crippen LogP contribution >= 0.6 is 22.6 Å². The predicted molar refractivity (Wildman–Crippen MR) is 113 cm³/mol. The maximum absolute atomic E-state index is 5.48. The van der Waals surface area contributed by atoms with E-state index in [0.717, 1.165) is 23.5 Å². The number of rotatable bonds is 5. The maximum Gasteiger partial charge on any atom is 0.134 e. The minimum absolute atomic E-state index is 0.833. The zero-order valence-corrected chi connectivity index (χ0v) is 17.0. The lowest BCUT2D eigenvalue weighted by Crippen LogP contribution is -2.33. The van der Waals surface area contributed by atoms with Gasteiger partial charge >= 0.3 is 0 Å². The largest absolute Gasteiger partial charge is 0.496 e. The second-order valence-electron chi connectivity index (χ2n) is 7.50. The van der Waals surface area contributed by atoms with E-state index < -0.39 is 0 Å². The van der Waals surface area contributed by atoms with E-state index >= 15 is 0 Å². The third-order valence-corrected chi connectivity index (χ3v) is 6.79. The van der Waals surface area contributed by atoms with Crippen LogP contribution in [0.1, 0.15) is 37.2 Å². The molecule has 2 aromatic carbocycles. The summed E-state index contributed by atoms with van der Waals surface area (Å²) in [7, 11) is 1.76. The molecule has 0 bridgehead atoms. The topological polar surface area (TPSA) is 12.5 Å². The Kier molecular flexibility index (Phi) is 5.20. The highest BCUT2D eigenvalue weighted by atomic mass is 127. The lowest BCUT2D eigenvalue weighted by atomic mass is 9.90. The fourth-order valence-electron chi connectivity index (χ4n) is 4.32. The van der Waals surface area contributed by atoms with Gasteiger partial charge in [0.1, 0.15) is 5.75 Å². The molecule has 0 N–H and O–H groups in total. The van der Waals surface area contributed by atoms with Crippen LogP contribution < -0.4 is 9.64 Å². The monoisotopic (exact) mass is 447 g/mol. The van der Waals surface area contributed by atoms with Crippen molar-refractivity contribution in [3.05, 3.63) is 57.7 Å². The maximum atomic E-state index is 5.48. The second-order valence-corrected chi connectivity index (χ2v) is 8.66. The lowest BCUT2D eigenvalue weighted by Gasteiger charge is -2.34. The van der Waals surface area contributed by atoms with Gasteiger partial charge in [-0.25, -0.2) is 0 Å². The van der Waals surface area contributed by atoms with Crippen molar-refractivity contribution >= 4 is 28.3 Å². The molecule has 3 heteroatoms. The van der Waals surface area contributed by atoms with Crippen molar-refractivity contribution in [2.75, 3.05) is 25.1 Å². The number of ether oxygens (including phenoxy) is 1. The Morgan fingerprint density at radius 2 is 1.84 bits per heavy atom. The van der Waals surface area contributed by atoms with E-state index in [-0.39, 0.29) is 0 Å². The summed E-state index contributed by atoms with van der Waals surface area (Å²) >= 11 is 2.33. The summed E-state index contributed by atoms with van der Waals surface area (Å²) in [6.07, 6.45) is 5.47. The minimum Gasteiger partial charge on any atom is -0.496 e. The summed E-state index contributed by atoms with van der Waals surface area (Å²) in [6, 6.07) is 17.7. The molecule has 1 aliphatic heterocycles. The molecule has 2 aromatic rings. The first-order valence-electron chi connectivity index (χ1n) is 9.38. The molecule has 2 nitrogen and oxygen atoms in total. The van der Waals surface area contributed by atoms with E-state index in [1.165, 1.54) is 48.0 Å². The first-order chi connectivity index (χ1) is 12.2. The summed E-state index contributed by atoms with van der Waals surface area (Å²) < 4.78 is 6.66. The predicted octanol–water partition coefficient (Wildman–Crippen LogP) is 5.71. The van der Waals surface area contributed by atoms with Crippen LogP contribution in [0.2, 0.25) is 0 Å². The molecule has 1 aliphatic carbocycles. The van der Waals surface area contributed by atoms with E-state index in [9.17, 15) is 0 Å². The molecule has 1 heterocycles. The summed E-state index contributed by atoms with van der Waals surface area (Å²) in [5.74, 6) is 3.65. The van der Waals surface area contributed by atoms with Crippen molar-refractivity contribution in [2.45, 2.75) is 31.6 Å². The second kappa shape index (κ2) is 7.56. The molecule has 2 fully saturated rings. The van der Waals surface area contributed by atoms with E-state index in [4.69, 9.17) is 4.74 Å². The lowest BCUT2D eigenvalue weighted by molar-refractivity contribution is 0.361. The number of piperidine rings is 1. The Morgan fingerprint density at radius 1 is 1.08 bits per heavy atom. The van der Waals surface area contributed by atoms with Gasteiger partial charge in [0.05, 0.1) is 10.7 Å². The van der Waals surface area contributed by atoms with Gasteiger partial charge in [-0.1, -0.05) is 30.3 Å². The average molecular weight is 447 g/mol. The van der Waals surface area contributed by atoms with Gasteiger partial charge in [0, 0.05) is 24.8 Å². The zero-order valence-electron chi connectivity index (χ0n) is 14.8. The molecular formula is C22H26INO. The van der Waals surface area contributed by atoms with Crippen LogP contribution in [0.15, 0.2) is 48.5 Å². The van der Waals surface area contributed by atoms with Crippen molar-refractivity contribution in [3.8, 4) is 5.75 Å². The molecule has 4 rings (SSSR count). The normalized spacial score (nSPS) is 23.5. The number of hydrogen-bond donors (Lipinski definition) is 0. The number of hydrogen-bond acceptors (Lipinski definition) is 2. The van der Waals surface area contributed by atoms with Gasteiger partial charge in [-0.2, -0.15) is 0 Å². The quantitative estimate of drug-likeness (QED) is 0.545. The van der Waals surface area contributed by atoms with Gasteiger partial charge in [0.25, 0.3) is 0 Å². The summed E-state index contributed by atoms with van der Waals surface area (Å²) in [6.45, 7) is 2.36. The highest BCUT2D eigenvalue weighted by Gasteiger charge is 2.39.